The van der Waals surface area contributed by atoms with Gasteiger partial charge in [0.15, 0.2) is 11.4 Å². The molecule has 1 heterocycles. The lowest BCUT2D eigenvalue weighted by Crippen LogP contribution is -1.94. The second-order valence-electron chi connectivity index (χ2n) is 12.2. The van der Waals surface area contributed by atoms with Gasteiger partial charge < -0.3 is 4.57 Å². The molecule has 0 saturated carbocycles. The van der Waals surface area contributed by atoms with Crippen molar-refractivity contribution in [2.75, 3.05) is 0 Å². The van der Waals surface area contributed by atoms with Gasteiger partial charge in [-0.25, -0.2) is 9.69 Å². The molecule has 0 aliphatic heterocycles. The Labute approximate surface area is 284 Å². The molecular formula is C46H27N3. The van der Waals surface area contributed by atoms with E-state index in [1.54, 1.807) is 0 Å². The number of benzene rings is 8. The molecule has 3 nitrogen and oxygen atoms in total. The topological polar surface area (TPSA) is 13.6 Å². The maximum Gasteiger partial charge on any atom is 0.186 e. The van der Waals surface area contributed by atoms with Crippen LogP contribution < -0.4 is 0 Å². The first-order chi connectivity index (χ1) is 24.2. The lowest BCUT2D eigenvalue weighted by molar-refractivity contribution is 1.18. The highest BCUT2D eigenvalue weighted by molar-refractivity contribution is 6.21. The van der Waals surface area contributed by atoms with E-state index in [4.69, 9.17) is 13.1 Å². The molecule has 9 aromatic rings. The van der Waals surface area contributed by atoms with Crippen LogP contribution in [0.4, 0.5) is 11.4 Å². The third-order valence-electron chi connectivity index (χ3n) is 9.59. The fraction of sp³-hybridized carbons (Fsp3) is 0. The first kappa shape index (κ1) is 28.3. The molecule has 0 bridgehead atoms. The highest BCUT2D eigenvalue weighted by atomic mass is 15.0. The fourth-order valence-electron chi connectivity index (χ4n) is 7.58. The molecule has 1 aromatic heterocycles. The Morgan fingerprint density at radius 2 is 0.735 bits per heavy atom. The van der Waals surface area contributed by atoms with Gasteiger partial charge in [0.05, 0.1) is 24.2 Å². The molecule has 0 saturated heterocycles. The van der Waals surface area contributed by atoms with Crippen LogP contribution in [0, 0.1) is 13.1 Å². The molecule has 0 amide bonds. The number of fused-ring (bicyclic) bond motifs is 5. The summed E-state index contributed by atoms with van der Waals surface area (Å²) in [5.41, 5.74) is 9.91. The molecule has 49 heavy (non-hydrogen) atoms. The van der Waals surface area contributed by atoms with Crippen molar-refractivity contribution in [3.05, 3.63) is 187 Å². The molecule has 0 atom stereocenters. The van der Waals surface area contributed by atoms with E-state index in [9.17, 15) is 0 Å². The van der Waals surface area contributed by atoms with E-state index in [0.717, 1.165) is 55.0 Å². The summed E-state index contributed by atoms with van der Waals surface area (Å²) in [5.74, 6) is 0. The molecule has 0 radical (unpaired) electrons. The smallest absolute Gasteiger partial charge is 0.186 e. The van der Waals surface area contributed by atoms with Crippen molar-refractivity contribution in [3.63, 3.8) is 0 Å². The summed E-state index contributed by atoms with van der Waals surface area (Å²) in [6.45, 7) is 16.6. The van der Waals surface area contributed by atoms with Crippen LogP contribution in [0.15, 0.2) is 164 Å². The Morgan fingerprint density at radius 1 is 0.347 bits per heavy atom. The molecule has 9 rings (SSSR count). The first-order valence-corrected chi connectivity index (χ1v) is 16.3. The summed E-state index contributed by atoms with van der Waals surface area (Å²) < 4.78 is 2.17. The molecule has 8 aromatic carbocycles. The zero-order valence-electron chi connectivity index (χ0n) is 26.4. The normalized spacial score (nSPS) is 11.2. The lowest BCUT2D eigenvalue weighted by Gasteiger charge is -2.18. The molecule has 0 unspecified atom stereocenters. The van der Waals surface area contributed by atoms with Gasteiger partial charge in [-0.3, -0.25) is 0 Å². The number of rotatable bonds is 4. The van der Waals surface area contributed by atoms with Gasteiger partial charge in [0.2, 0.25) is 0 Å². The predicted molar refractivity (Wildman–Crippen MR) is 205 cm³/mol. The highest BCUT2D eigenvalue weighted by Crippen LogP contribution is 2.47. The fourth-order valence-corrected chi connectivity index (χ4v) is 7.58. The van der Waals surface area contributed by atoms with Crippen LogP contribution in [0.3, 0.4) is 0 Å². The van der Waals surface area contributed by atoms with E-state index in [-0.39, 0.29) is 0 Å². The van der Waals surface area contributed by atoms with E-state index in [1.165, 1.54) is 21.9 Å². The molecule has 0 fully saturated rings. The summed E-state index contributed by atoms with van der Waals surface area (Å²) in [5, 5.41) is 6.98. The maximum atomic E-state index is 8.31. The minimum Gasteiger partial charge on any atom is -0.312 e. The number of nitrogens with zero attached hydrogens (tertiary/aromatic N) is 3. The summed E-state index contributed by atoms with van der Waals surface area (Å²) in [6.07, 6.45) is 0. The lowest BCUT2D eigenvalue weighted by atomic mass is 9.85. The molecule has 3 heteroatoms. The number of hydrogen-bond donors (Lipinski definition) is 0. The Bertz CT molecular complexity index is 2700. The van der Waals surface area contributed by atoms with Gasteiger partial charge in [0.1, 0.15) is 0 Å². The Morgan fingerprint density at radius 3 is 1.22 bits per heavy atom. The Balaban J connectivity index is 1.28. The third kappa shape index (κ3) is 4.42. The van der Waals surface area contributed by atoms with Crippen molar-refractivity contribution in [1.82, 2.24) is 4.57 Å². The minimum atomic E-state index is 0.455. The standard InChI is InChI=1S/C46H27N3/c1-47-40-28-33(49-42-25-12-10-19-34(42)35-20-11-13-26-43(35)49)29-41(48-2)46(40)32-18-14-17-31(27-32)45-38-23-8-6-21-36(38)44(30-15-4-3-5-16-30)37-22-7-9-24-39(37)45/h3-29H. The van der Waals surface area contributed by atoms with E-state index in [1.807, 2.05) is 48.5 Å². The van der Waals surface area contributed by atoms with Crippen LogP contribution in [0.1, 0.15) is 0 Å². The zero-order chi connectivity index (χ0) is 32.9. The van der Waals surface area contributed by atoms with E-state index in [0.29, 0.717) is 16.9 Å². The van der Waals surface area contributed by atoms with Gasteiger partial charge in [-0.1, -0.05) is 133 Å². The summed E-state index contributed by atoms with van der Waals surface area (Å²) in [4.78, 5) is 8.05. The van der Waals surface area contributed by atoms with Crippen molar-refractivity contribution in [3.8, 4) is 39.1 Å². The van der Waals surface area contributed by atoms with Gasteiger partial charge in [0, 0.05) is 16.5 Å². The van der Waals surface area contributed by atoms with Crippen molar-refractivity contribution in [2.24, 2.45) is 0 Å². The summed E-state index contributed by atoms with van der Waals surface area (Å²) >= 11 is 0. The minimum absolute atomic E-state index is 0.455. The van der Waals surface area contributed by atoms with Crippen LogP contribution in [-0.4, -0.2) is 4.57 Å². The number of hydrogen-bond acceptors (Lipinski definition) is 0. The van der Waals surface area contributed by atoms with Crippen LogP contribution in [-0.2, 0) is 0 Å². The van der Waals surface area contributed by atoms with Crippen LogP contribution in [0.5, 0.6) is 0 Å². The molecular weight excluding hydrogens is 595 g/mol. The summed E-state index contributed by atoms with van der Waals surface area (Å²) in [7, 11) is 0. The second-order valence-corrected chi connectivity index (χ2v) is 12.2. The largest absolute Gasteiger partial charge is 0.312 e. The van der Waals surface area contributed by atoms with Crippen LogP contribution in [0.2, 0.25) is 0 Å². The number of aromatic nitrogens is 1. The monoisotopic (exact) mass is 621 g/mol. The molecule has 0 N–H and O–H groups in total. The second kappa shape index (κ2) is 11.4. The van der Waals surface area contributed by atoms with E-state index in [2.05, 4.69) is 130 Å². The van der Waals surface area contributed by atoms with Gasteiger partial charge in [-0.2, -0.15) is 0 Å². The Kier molecular flexibility index (Phi) is 6.58. The van der Waals surface area contributed by atoms with E-state index < -0.39 is 0 Å². The molecule has 0 aliphatic rings. The SMILES string of the molecule is [C-]#[N+]c1cc(-n2c3ccccc3c3ccccc32)cc([N+]#[C-])c1-c1cccc(-c2c3ccccc3c(-c3ccccc3)c3ccccc23)c1. The zero-order valence-corrected chi connectivity index (χ0v) is 26.4. The third-order valence-corrected chi connectivity index (χ3v) is 9.59. The quantitative estimate of drug-likeness (QED) is 0.137. The van der Waals surface area contributed by atoms with Gasteiger partial charge in [0.25, 0.3) is 0 Å². The van der Waals surface area contributed by atoms with Crippen LogP contribution in [0.25, 0.3) is 92.1 Å². The van der Waals surface area contributed by atoms with Crippen molar-refractivity contribution >= 4 is 54.7 Å². The van der Waals surface area contributed by atoms with Gasteiger partial charge >= 0.3 is 0 Å². The van der Waals surface area contributed by atoms with Crippen LogP contribution >= 0.6 is 0 Å². The highest BCUT2D eigenvalue weighted by Gasteiger charge is 2.20. The van der Waals surface area contributed by atoms with Gasteiger partial charge in [-0.15, -0.1) is 0 Å². The molecule has 226 valence electrons. The average molecular weight is 622 g/mol. The predicted octanol–water partition coefficient (Wildman–Crippen LogP) is 13.2. The number of para-hydroxylation sites is 2. The van der Waals surface area contributed by atoms with Gasteiger partial charge in [-0.05, 0) is 85.3 Å². The van der Waals surface area contributed by atoms with Crippen molar-refractivity contribution < 1.29 is 0 Å². The molecule has 0 aliphatic carbocycles. The maximum absolute atomic E-state index is 8.31. The van der Waals surface area contributed by atoms with Crippen molar-refractivity contribution in [1.29, 1.82) is 0 Å². The average Bonchev–Trinajstić information content (AvgIpc) is 3.51. The Hall–Kier alpha value is -6.94. The van der Waals surface area contributed by atoms with E-state index >= 15 is 0 Å². The first-order valence-electron chi connectivity index (χ1n) is 16.3. The summed E-state index contributed by atoms with van der Waals surface area (Å²) in [6, 6.07) is 56.6. The molecule has 0 spiro atoms. The van der Waals surface area contributed by atoms with Crippen molar-refractivity contribution in [2.45, 2.75) is 0 Å².